The molecule has 0 radical (unpaired) electrons. The van der Waals surface area contributed by atoms with Crippen molar-refractivity contribution in [1.29, 1.82) is 0 Å². The SMILES string of the molecule is COc1ccc(NC(N)=NCCC2CCN(CC(F)(F)F)CC2)cc1OC.I. The maximum atomic E-state index is 12.4. The van der Waals surface area contributed by atoms with Gasteiger partial charge in [-0.1, -0.05) is 0 Å². The molecular formula is C18H28F3IN4O2. The highest BCUT2D eigenvalue weighted by Crippen LogP contribution is 2.29. The third-order valence-corrected chi connectivity index (χ3v) is 4.59. The summed E-state index contributed by atoms with van der Waals surface area (Å²) in [6.07, 6.45) is -1.79. The molecule has 1 aliphatic rings. The second-order valence-corrected chi connectivity index (χ2v) is 6.59. The van der Waals surface area contributed by atoms with Crippen molar-refractivity contribution in [2.45, 2.75) is 25.4 Å². The summed E-state index contributed by atoms with van der Waals surface area (Å²) >= 11 is 0. The molecule has 0 amide bonds. The Kier molecular flexibility index (Phi) is 10.1. The number of halogens is 4. The van der Waals surface area contributed by atoms with E-state index in [9.17, 15) is 13.2 Å². The Hall–Kier alpha value is -1.43. The number of anilines is 1. The van der Waals surface area contributed by atoms with E-state index in [2.05, 4.69) is 10.3 Å². The van der Waals surface area contributed by atoms with Gasteiger partial charge in [-0.05, 0) is 50.4 Å². The minimum Gasteiger partial charge on any atom is -0.493 e. The number of piperidine rings is 1. The highest BCUT2D eigenvalue weighted by molar-refractivity contribution is 14.0. The highest BCUT2D eigenvalue weighted by Gasteiger charge is 2.32. The van der Waals surface area contributed by atoms with Crippen molar-refractivity contribution in [3.05, 3.63) is 18.2 Å². The number of hydrogen-bond acceptors (Lipinski definition) is 4. The van der Waals surface area contributed by atoms with Crippen molar-refractivity contribution < 1.29 is 22.6 Å². The minimum atomic E-state index is -4.12. The number of nitrogens with one attached hydrogen (secondary N) is 1. The van der Waals surface area contributed by atoms with E-state index in [1.54, 1.807) is 32.4 Å². The lowest BCUT2D eigenvalue weighted by molar-refractivity contribution is -0.148. The number of benzene rings is 1. The van der Waals surface area contributed by atoms with Gasteiger partial charge in [-0.2, -0.15) is 13.2 Å². The summed E-state index contributed by atoms with van der Waals surface area (Å²) in [7, 11) is 3.12. The first-order valence-electron chi connectivity index (χ1n) is 8.89. The van der Waals surface area contributed by atoms with E-state index in [1.807, 2.05) is 0 Å². The number of methoxy groups -OCH3 is 2. The standard InChI is InChI=1S/C18H27F3N4O2.HI/c1-26-15-4-3-14(11-16(15)27-2)24-17(22)23-8-5-13-6-9-25(10-7-13)12-18(19,20)21;/h3-4,11,13H,5-10,12H2,1-2H3,(H3,22,23,24);1H. The zero-order chi connectivity index (χ0) is 19.9. The molecule has 1 aromatic carbocycles. The second kappa shape index (κ2) is 11.5. The van der Waals surface area contributed by atoms with Crippen LogP contribution in [0.2, 0.25) is 0 Å². The molecule has 0 spiro atoms. The van der Waals surface area contributed by atoms with Crippen molar-refractivity contribution in [3.63, 3.8) is 0 Å². The fraction of sp³-hybridized carbons (Fsp3) is 0.611. The van der Waals surface area contributed by atoms with Crippen molar-refractivity contribution in [3.8, 4) is 11.5 Å². The first-order valence-corrected chi connectivity index (χ1v) is 8.89. The third-order valence-electron chi connectivity index (χ3n) is 4.59. The van der Waals surface area contributed by atoms with Gasteiger partial charge in [0.2, 0.25) is 0 Å². The van der Waals surface area contributed by atoms with Crippen LogP contribution < -0.4 is 20.5 Å². The fourth-order valence-corrected chi connectivity index (χ4v) is 3.16. The van der Waals surface area contributed by atoms with Gasteiger partial charge in [0.05, 0.1) is 20.8 Å². The van der Waals surface area contributed by atoms with Gasteiger partial charge in [-0.25, -0.2) is 0 Å². The van der Waals surface area contributed by atoms with E-state index >= 15 is 0 Å². The second-order valence-electron chi connectivity index (χ2n) is 6.59. The maximum Gasteiger partial charge on any atom is 0.401 e. The van der Waals surface area contributed by atoms with Crippen LogP contribution in [0.3, 0.4) is 0 Å². The Balaban J connectivity index is 0.00000392. The summed E-state index contributed by atoms with van der Waals surface area (Å²) in [5.41, 5.74) is 6.64. The quantitative estimate of drug-likeness (QED) is 0.329. The highest BCUT2D eigenvalue weighted by atomic mass is 127. The molecular weight excluding hydrogens is 488 g/mol. The Morgan fingerprint density at radius 2 is 1.86 bits per heavy atom. The molecule has 6 nitrogen and oxygen atoms in total. The van der Waals surface area contributed by atoms with Crippen LogP contribution >= 0.6 is 24.0 Å². The van der Waals surface area contributed by atoms with E-state index in [-0.39, 0.29) is 29.9 Å². The molecule has 1 aromatic rings. The van der Waals surface area contributed by atoms with Gasteiger partial charge < -0.3 is 20.5 Å². The smallest absolute Gasteiger partial charge is 0.401 e. The summed E-state index contributed by atoms with van der Waals surface area (Å²) < 4.78 is 47.6. The molecule has 0 aliphatic carbocycles. The summed E-state index contributed by atoms with van der Waals surface area (Å²) in [6.45, 7) is 0.677. The molecule has 160 valence electrons. The van der Waals surface area contributed by atoms with Crippen molar-refractivity contribution in [2.24, 2.45) is 16.6 Å². The van der Waals surface area contributed by atoms with Crippen molar-refractivity contribution >= 4 is 35.6 Å². The number of likely N-dealkylation sites (tertiary alicyclic amines) is 1. The number of aliphatic imine (C=N–C) groups is 1. The largest absolute Gasteiger partial charge is 0.493 e. The molecule has 0 unspecified atom stereocenters. The summed E-state index contributed by atoms with van der Waals surface area (Å²) in [4.78, 5) is 5.77. The first-order chi connectivity index (χ1) is 12.8. The predicted molar refractivity (Wildman–Crippen MR) is 115 cm³/mol. The maximum absolute atomic E-state index is 12.4. The molecule has 0 saturated carbocycles. The van der Waals surface area contributed by atoms with E-state index in [0.29, 0.717) is 37.1 Å². The number of nitrogens with zero attached hydrogens (tertiary/aromatic N) is 2. The average molecular weight is 516 g/mol. The van der Waals surface area contributed by atoms with Gasteiger partial charge in [-0.15, -0.1) is 24.0 Å². The van der Waals surface area contributed by atoms with Gasteiger partial charge >= 0.3 is 6.18 Å². The number of nitrogens with two attached hydrogens (primary N) is 1. The van der Waals surface area contributed by atoms with E-state index in [1.165, 1.54) is 4.90 Å². The molecule has 0 bridgehead atoms. The number of ether oxygens (including phenoxy) is 2. The third kappa shape index (κ3) is 8.29. The molecule has 2 rings (SSSR count). The molecule has 1 aliphatic heterocycles. The van der Waals surface area contributed by atoms with Crippen molar-refractivity contribution in [2.75, 3.05) is 45.7 Å². The fourth-order valence-electron chi connectivity index (χ4n) is 3.16. The van der Waals surface area contributed by atoms with Crippen LogP contribution in [0.4, 0.5) is 18.9 Å². The van der Waals surface area contributed by atoms with Crippen LogP contribution in [0.15, 0.2) is 23.2 Å². The minimum absolute atomic E-state index is 0. The molecule has 3 N–H and O–H groups in total. The monoisotopic (exact) mass is 516 g/mol. The first kappa shape index (κ1) is 24.6. The molecule has 1 fully saturated rings. The molecule has 1 heterocycles. The van der Waals surface area contributed by atoms with Gasteiger partial charge in [-0.3, -0.25) is 9.89 Å². The van der Waals surface area contributed by atoms with Gasteiger partial charge in [0, 0.05) is 18.3 Å². The lowest BCUT2D eigenvalue weighted by Gasteiger charge is -2.32. The molecule has 10 heteroatoms. The van der Waals surface area contributed by atoms with E-state index < -0.39 is 12.7 Å². The lowest BCUT2D eigenvalue weighted by Crippen LogP contribution is -2.40. The van der Waals surface area contributed by atoms with Crippen LogP contribution in [-0.2, 0) is 0 Å². The predicted octanol–water partition coefficient (Wildman–Crippen LogP) is 3.71. The number of rotatable bonds is 7. The van der Waals surface area contributed by atoms with Gasteiger partial charge in [0.15, 0.2) is 17.5 Å². The normalized spacial score (nSPS) is 16.4. The Morgan fingerprint density at radius 3 is 2.43 bits per heavy atom. The summed E-state index contributed by atoms with van der Waals surface area (Å²) in [5, 5.41) is 3.00. The zero-order valence-corrected chi connectivity index (χ0v) is 18.4. The van der Waals surface area contributed by atoms with Crippen molar-refractivity contribution in [1.82, 2.24) is 4.90 Å². The Morgan fingerprint density at radius 1 is 1.21 bits per heavy atom. The van der Waals surface area contributed by atoms with E-state index in [4.69, 9.17) is 15.2 Å². The number of hydrogen-bond donors (Lipinski definition) is 2. The lowest BCUT2D eigenvalue weighted by atomic mass is 9.93. The van der Waals surface area contributed by atoms with Crippen LogP contribution in [-0.4, -0.2) is 57.4 Å². The Labute approximate surface area is 180 Å². The molecule has 28 heavy (non-hydrogen) atoms. The van der Waals surface area contributed by atoms with Gasteiger partial charge in [0.1, 0.15) is 0 Å². The van der Waals surface area contributed by atoms with Crippen LogP contribution in [0.1, 0.15) is 19.3 Å². The van der Waals surface area contributed by atoms with Crippen LogP contribution in [0.5, 0.6) is 11.5 Å². The number of alkyl halides is 3. The zero-order valence-electron chi connectivity index (χ0n) is 16.1. The topological polar surface area (TPSA) is 72.1 Å². The molecule has 0 atom stereocenters. The average Bonchev–Trinajstić information content (AvgIpc) is 2.61. The molecule has 1 saturated heterocycles. The van der Waals surface area contributed by atoms with E-state index in [0.717, 1.165) is 24.9 Å². The summed E-state index contributed by atoms with van der Waals surface area (Å²) in [6, 6.07) is 5.33. The van der Waals surface area contributed by atoms with Crippen LogP contribution in [0, 0.1) is 5.92 Å². The molecule has 0 aromatic heterocycles. The number of guanidine groups is 1. The summed E-state index contributed by atoms with van der Waals surface area (Å²) in [5.74, 6) is 1.88. The van der Waals surface area contributed by atoms with Gasteiger partial charge in [0.25, 0.3) is 0 Å². The Bertz CT molecular complexity index is 636. The van der Waals surface area contributed by atoms with Crippen LogP contribution in [0.25, 0.3) is 0 Å².